The Kier molecular flexibility index (Phi) is 3.88. The molecule has 2 aliphatic rings. The number of carboxylic acids is 1. The van der Waals surface area contributed by atoms with Crippen LogP contribution in [0.5, 0.6) is 0 Å². The van der Waals surface area contributed by atoms with Gasteiger partial charge in [-0.3, -0.25) is 9.59 Å². The van der Waals surface area contributed by atoms with Crippen molar-refractivity contribution in [2.45, 2.75) is 58.9 Å². The fourth-order valence-corrected chi connectivity index (χ4v) is 3.63. The third-order valence-corrected chi connectivity index (χ3v) is 4.34. The number of amides is 1. The van der Waals surface area contributed by atoms with E-state index < -0.39 is 5.97 Å². The van der Waals surface area contributed by atoms with Crippen molar-refractivity contribution in [1.82, 2.24) is 5.32 Å². The Labute approximate surface area is 115 Å². The van der Waals surface area contributed by atoms with Crippen LogP contribution in [0.4, 0.5) is 0 Å². The van der Waals surface area contributed by atoms with Crippen LogP contribution < -0.4 is 5.32 Å². The van der Waals surface area contributed by atoms with Crippen molar-refractivity contribution in [2.24, 2.45) is 23.2 Å². The molecule has 0 heterocycles. The molecule has 0 aliphatic heterocycles. The summed E-state index contributed by atoms with van der Waals surface area (Å²) in [7, 11) is 0. The van der Waals surface area contributed by atoms with Gasteiger partial charge in [0.25, 0.3) is 0 Å². The summed E-state index contributed by atoms with van der Waals surface area (Å²) in [6.07, 6.45) is 4.31. The molecule has 4 heteroatoms. The molecule has 3 atom stereocenters. The van der Waals surface area contributed by atoms with E-state index in [0.29, 0.717) is 18.3 Å². The van der Waals surface area contributed by atoms with E-state index in [2.05, 4.69) is 26.1 Å². The number of aliphatic carboxylic acids is 1. The molecular formula is C15H25NO3. The lowest BCUT2D eigenvalue weighted by Crippen LogP contribution is -2.40. The lowest BCUT2D eigenvalue weighted by atomic mass is 9.87. The molecule has 19 heavy (non-hydrogen) atoms. The standard InChI is InChI=1S/C15H25NO3/c1-15(2,3)8-9(7-12(17)18)16-14(19)13-10-5-4-6-11(10)13/h9-11,13H,4-8H2,1-3H3,(H,16,19)(H,17,18). The van der Waals surface area contributed by atoms with E-state index in [1.807, 2.05) is 0 Å². The summed E-state index contributed by atoms with van der Waals surface area (Å²) in [6, 6.07) is -0.244. The molecular weight excluding hydrogens is 242 g/mol. The molecule has 2 aliphatic carbocycles. The summed E-state index contributed by atoms with van der Waals surface area (Å²) in [5.74, 6) is 0.584. The number of carboxylic acid groups (broad SMARTS) is 1. The van der Waals surface area contributed by atoms with Gasteiger partial charge in [0.1, 0.15) is 0 Å². The Bertz CT molecular complexity index is 362. The molecule has 0 radical (unpaired) electrons. The molecule has 0 spiro atoms. The first-order valence-electron chi connectivity index (χ1n) is 7.30. The van der Waals surface area contributed by atoms with Gasteiger partial charge in [-0.25, -0.2) is 0 Å². The average Bonchev–Trinajstić information content (AvgIpc) is 2.69. The van der Waals surface area contributed by atoms with Gasteiger partial charge in [0.2, 0.25) is 5.91 Å². The SMILES string of the molecule is CC(C)(C)CC(CC(=O)O)NC(=O)C1C2CCCC21. The number of rotatable bonds is 5. The first-order valence-corrected chi connectivity index (χ1v) is 7.30. The van der Waals surface area contributed by atoms with E-state index in [1.54, 1.807) is 0 Å². The maximum atomic E-state index is 12.2. The highest BCUT2D eigenvalue weighted by molar-refractivity contribution is 5.83. The zero-order valence-electron chi connectivity index (χ0n) is 12.1. The molecule has 0 saturated heterocycles. The van der Waals surface area contributed by atoms with Gasteiger partial charge in [-0.05, 0) is 36.5 Å². The number of fused-ring (bicyclic) bond motifs is 1. The molecule has 0 aromatic carbocycles. The molecule has 108 valence electrons. The van der Waals surface area contributed by atoms with Gasteiger partial charge in [-0.2, -0.15) is 0 Å². The van der Waals surface area contributed by atoms with Crippen molar-refractivity contribution in [3.05, 3.63) is 0 Å². The fourth-order valence-electron chi connectivity index (χ4n) is 3.63. The predicted molar refractivity (Wildman–Crippen MR) is 72.6 cm³/mol. The van der Waals surface area contributed by atoms with Gasteiger partial charge in [-0.15, -0.1) is 0 Å². The molecule has 2 N–H and O–H groups in total. The molecule has 2 saturated carbocycles. The largest absolute Gasteiger partial charge is 0.481 e. The first kappa shape index (κ1) is 14.4. The van der Waals surface area contributed by atoms with Crippen molar-refractivity contribution in [3.8, 4) is 0 Å². The first-order chi connectivity index (χ1) is 8.78. The summed E-state index contributed by atoms with van der Waals surface area (Å²) in [4.78, 5) is 23.1. The zero-order valence-corrected chi connectivity index (χ0v) is 12.1. The third-order valence-electron chi connectivity index (χ3n) is 4.34. The molecule has 2 rings (SSSR count). The number of carbonyl (C=O) groups is 2. The van der Waals surface area contributed by atoms with E-state index in [9.17, 15) is 9.59 Å². The van der Waals surface area contributed by atoms with Crippen LogP contribution in [0.3, 0.4) is 0 Å². The fraction of sp³-hybridized carbons (Fsp3) is 0.867. The molecule has 1 amide bonds. The average molecular weight is 267 g/mol. The van der Waals surface area contributed by atoms with E-state index in [4.69, 9.17) is 5.11 Å². The monoisotopic (exact) mass is 267 g/mol. The van der Waals surface area contributed by atoms with Crippen molar-refractivity contribution in [3.63, 3.8) is 0 Å². The van der Waals surface area contributed by atoms with Crippen LogP contribution in [0.25, 0.3) is 0 Å². The zero-order chi connectivity index (χ0) is 14.2. The van der Waals surface area contributed by atoms with E-state index in [0.717, 1.165) is 0 Å². The van der Waals surface area contributed by atoms with E-state index in [1.165, 1.54) is 19.3 Å². The Morgan fingerprint density at radius 3 is 2.32 bits per heavy atom. The van der Waals surface area contributed by atoms with Gasteiger partial charge in [-0.1, -0.05) is 27.2 Å². The maximum Gasteiger partial charge on any atom is 0.305 e. The second-order valence-corrected chi connectivity index (χ2v) is 7.35. The van der Waals surface area contributed by atoms with E-state index in [-0.39, 0.29) is 29.7 Å². The van der Waals surface area contributed by atoms with Gasteiger partial charge in [0, 0.05) is 12.0 Å². The van der Waals surface area contributed by atoms with Crippen LogP contribution in [0.1, 0.15) is 52.9 Å². The smallest absolute Gasteiger partial charge is 0.305 e. The maximum absolute atomic E-state index is 12.2. The number of carbonyl (C=O) groups excluding carboxylic acids is 1. The lowest BCUT2D eigenvalue weighted by molar-refractivity contribution is -0.138. The highest BCUT2D eigenvalue weighted by atomic mass is 16.4. The van der Waals surface area contributed by atoms with Crippen LogP contribution in [0.15, 0.2) is 0 Å². The van der Waals surface area contributed by atoms with Crippen LogP contribution in [-0.4, -0.2) is 23.0 Å². The van der Waals surface area contributed by atoms with Gasteiger partial charge < -0.3 is 10.4 Å². The quantitative estimate of drug-likeness (QED) is 0.804. The highest BCUT2D eigenvalue weighted by Gasteiger charge is 2.56. The van der Waals surface area contributed by atoms with Gasteiger partial charge in [0.15, 0.2) is 0 Å². The minimum atomic E-state index is -0.842. The minimum Gasteiger partial charge on any atom is -0.481 e. The predicted octanol–water partition coefficient (Wildman–Crippen LogP) is 2.43. The van der Waals surface area contributed by atoms with Crippen LogP contribution in [-0.2, 0) is 9.59 Å². The van der Waals surface area contributed by atoms with Gasteiger partial charge >= 0.3 is 5.97 Å². The summed E-state index contributed by atoms with van der Waals surface area (Å²) < 4.78 is 0. The summed E-state index contributed by atoms with van der Waals surface area (Å²) in [5.41, 5.74) is 0.0207. The van der Waals surface area contributed by atoms with Gasteiger partial charge in [0.05, 0.1) is 6.42 Å². The second-order valence-electron chi connectivity index (χ2n) is 7.35. The molecule has 0 bridgehead atoms. The third kappa shape index (κ3) is 3.71. The normalized spacial score (nSPS) is 30.6. The summed E-state index contributed by atoms with van der Waals surface area (Å²) in [6.45, 7) is 6.21. The lowest BCUT2D eigenvalue weighted by Gasteiger charge is -2.26. The Hall–Kier alpha value is -1.06. The minimum absolute atomic E-state index is 0.0189. The molecule has 0 aromatic rings. The van der Waals surface area contributed by atoms with Crippen molar-refractivity contribution in [1.29, 1.82) is 0 Å². The topological polar surface area (TPSA) is 66.4 Å². The molecule has 0 aromatic heterocycles. The summed E-state index contributed by atoms with van der Waals surface area (Å²) in [5, 5.41) is 11.9. The second kappa shape index (κ2) is 5.14. The summed E-state index contributed by atoms with van der Waals surface area (Å²) >= 11 is 0. The molecule has 3 unspecified atom stereocenters. The highest BCUT2D eigenvalue weighted by Crippen LogP contribution is 2.57. The number of hydrogen-bond acceptors (Lipinski definition) is 2. The van der Waals surface area contributed by atoms with Crippen molar-refractivity contribution in [2.75, 3.05) is 0 Å². The molecule has 4 nitrogen and oxygen atoms in total. The van der Waals surface area contributed by atoms with Crippen LogP contribution >= 0.6 is 0 Å². The Balaban J connectivity index is 1.88. The van der Waals surface area contributed by atoms with E-state index >= 15 is 0 Å². The number of hydrogen-bond donors (Lipinski definition) is 2. The van der Waals surface area contributed by atoms with Crippen LogP contribution in [0, 0.1) is 23.2 Å². The Morgan fingerprint density at radius 1 is 1.26 bits per heavy atom. The molecule has 2 fully saturated rings. The number of nitrogens with one attached hydrogen (secondary N) is 1. The van der Waals surface area contributed by atoms with Crippen LogP contribution in [0.2, 0.25) is 0 Å². The Morgan fingerprint density at radius 2 is 1.84 bits per heavy atom. The van der Waals surface area contributed by atoms with Crippen molar-refractivity contribution >= 4 is 11.9 Å². The van der Waals surface area contributed by atoms with Crippen molar-refractivity contribution < 1.29 is 14.7 Å².